The Morgan fingerprint density at radius 1 is 1.33 bits per heavy atom. The van der Waals surface area contributed by atoms with Crippen LogP contribution in [0.5, 0.6) is 0 Å². The molecule has 5 heteroatoms. The van der Waals surface area contributed by atoms with Crippen LogP contribution in [0.1, 0.15) is 52.9 Å². The lowest BCUT2D eigenvalue weighted by atomic mass is 10.1. The molecule has 2 fully saturated rings. The molecule has 2 rings (SSSR count). The van der Waals surface area contributed by atoms with Gasteiger partial charge in [-0.1, -0.05) is 0 Å². The van der Waals surface area contributed by atoms with E-state index in [0.717, 1.165) is 45.5 Å². The molecule has 2 aliphatic rings. The minimum Gasteiger partial charge on any atom is -0.444 e. The van der Waals surface area contributed by atoms with Crippen molar-refractivity contribution in [3.05, 3.63) is 0 Å². The Balaban J connectivity index is 1.67. The Labute approximate surface area is 128 Å². The van der Waals surface area contributed by atoms with Crippen molar-refractivity contribution in [2.75, 3.05) is 26.2 Å². The molecule has 0 spiro atoms. The van der Waals surface area contributed by atoms with Crippen molar-refractivity contribution < 1.29 is 14.3 Å². The lowest BCUT2D eigenvalue weighted by Gasteiger charge is -2.28. The molecule has 2 aliphatic heterocycles. The van der Waals surface area contributed by atoms with Crippen molar-refractivity contribution >= 4 is 6.09 Å². The van der Waals surface area contributed by atoms with Crippen LogP contribution in [-0.4, -0.2) is 55.0 Å². The van der Waals surface area contributed by atoms with E-state index in [4.69, 9.17) is 9.47 Å². The zero-order valence-electron chi connectivity index (χ0n) is 13.7. The van der Waals surface area contributed by atoms with Crippen molar-refractivity contribution in [2.45, 2.75) is 70.6 Å². The summed E-state index contributed by atoms with van der Waals surface area (Å²) in [5.74, 6) is 0. The van der Waals surface area contributed by atoms with Gasteiger partial charge in [0.05, 0.1) is 6.10 Å². The highest BCUT2D eigenvalue weighted by Crippen LogP contribution is 2.22. The summed E-state index contributed by atoms with van der Waals surface area (Å²) in [6, 6.07) is 0.317. The number of rotatable bonds is 5. The molecule has 1 N–H and O–H groups in total. The summed E-state index contributed by atoms with van der Waals surface area (Å²) in [6.07, 6.45) is 5.73. The average Bonchev–Trinajstić information content (AvgIpc) is 3.04. The Bertz CT molecular complexity index is 335. The number of likely N-dealkylation sites (tertiary alicyclic amines) is 1. The fourth-order valence-electron chi connectivity index (χ4n) is 3.03. The summed E-state index contributed by atoms with van der Waals surface area (Å²) < 4.78 is 11.1. The molecule has 0 aromatic rings. The standard InChI is InChI=1S/C16H30N2O3/c1-16(2,3)21-15(19)18-10-4-6-13(18)8-9-17-12-14-7-5-11-20-14/h13-14,17H,4-12H2,1-3H3. The van der Waals surface area contributed by atoms with Crippen molar-refractivity contribution in [1.82, 2.24) is 10.2 Å². The van der Waals surface area contributed by atoms with Gasteiger partial charge in [-0.25, -0.2) is 4.79 Å². The minimum atomic E-state index is -0.414. The SMILES string of the molecule is CC(C)(C)OC(=O)N1CCCC1CCNCC1CCCO1. The van der Waals surface area contributed by atoms with E-state index >= 15 is 0 Å². The van der Waals surface area contributed by atoms with Gasteiger partial charge in [0.1, 0.15) is 5.60 Å². The van der Waals surface area contributed by atoms with Crippen LogP contribution in [0.2, 0.25) is 0 Å². The second-order valence-corrected chi connectivity index (χ2v) is 7.10. The predicted octanol–water partition coefficient (Wildman–Crippen LogP) is 2.54. The molecule has 2 heterocycles. The van der Waals surface area contributed by atoms with Gasteiger partial charge in [0.15, 0.2) is 0 Å². The Hall–Kier alpha value is -0.810. The third-order valence-corrected chi connectivity index (χ3v) is 4.06. The fourth-order valence-corrected chi connectivity index (χ4v) is 3.03. The molecule has 0 bridgehead atoms. The molecular formula is C16H30N2O3. The first-order valence-corrected chi connectivity index (χ1v) is 8.27. The van der Waals surface area contributed by atoms with E-state index < -0.39 is 5.60 Å². The van der Waals surface area contributed by atoms with E-state index in [1.165, 1.54) is 12.8 Å². The van der Waals surface area contributed by atoms with E-state index in [1.54, 1.807) is 0 Å². The number of amides is 1. The fraction of sp³-hybridized carbons (Fsp3) is 0.938. The van der Waals surface area contributed by atoms with Crippen molar-refractivity contribution in [3.8, 4) is 0 Å². The first-order valence-electron chi connectivity index (χ1n) is 8.27. The Morgan fingerprint density at radius 2 is 2.14 bits per heavy atom. The number of hydrogen-bond acceptors (Lipinski definition) is 4. The molecule has 0 aliphatic carbocycles. The average molecular weight is 298 g/mol. The molecule has 0 aromatic carbocycles. The lowest BCUT2D eigenvalue weighted by Crippen LogP contribution is -2.41. The number of carbonyl (C=O) groups is 1. The van der Waals surface area contributed by atoms with Crippen LogP contribution in [0, 0.1) is 0 Å². The summed E-state index contributed by atoms with van der Waals surface area (Å²) in [7, 11) is 0. The largest absolute Gasteiger partial charge is 0.444 e. The normalized spacial score (nSPS) is 26.3. The third kappa shape index (κ3) is 5.47. The molecule has 0 aromatic heterocycles. The van der Waals surface area contributed by atoms with Gasteiger partial charge in [0.2, 0.25) is 0 Å². The van der Waals surface area contributed by atoms with Gasteiger partial charge >= 0.3 is 6.09 Å². The summed E-state index contributed by atoms with van der Waals surface area (Å²) in [5, 5.41) is 3.46. The first-order chi connectivity index (χ1) is 9.96. The molecule has 0 radical (unpaired) electrons. The number of carbonyl (C=O) groups excluding carboxylic acids is 1. The zero-order chi connectivity index (χ0) is 15.3. The van der Waals surface area contributed by atoms with Crippen molar-refractivity contribution in [1.29, 1.82) is 0 Å². The van der Waals surface area contributed by atoms with Gasteiger partial charge in [0, 0.05) is 25.7 Å². The van der Waals surface area contributed by atoms with Gasteiger partial charge in [-0.15, -0.1) is 0 Å². The number of hydrogen-bond donors (Lipinski definition) is 1. The molecule has 21 heavy (non-hydrogen) atoms. The van der Waals surface area contributed by atoms with E-state index in [-0.39, 0.29) is 6.09 Å². The molecule has 2 saturated heterocycles. The van der Waals surface area contributed by atoms with Crippen LogP contribution in [0.25, 0.3) is 0 Å². The highest BCUT2D eigenvalue weighted by atomic mass is 16.6. The first kappa shape index (κ1) is 16.6. The topological polar surface area (TPSA) is 50.8 Å². The van der Waals surface area contributed by atoms with Crippen LogP contribution in [0.15, 0.2) is 0 Å². The quantitative estimate of drug-likeness (QED) is 0.793. The molecule has 122 valence electrons. The molecule has 0 saturated carbocycles. The van der Waals surface area contributed by atoms with Crippen LogP contribution in [0.3, 0.4) is 0 Å². The van der Waals surface area contributed by atoms with E-state index in [0.29, 0.717) is 12.1 Å². The van der Waals surface area contributed by atoms with E-state index in [2.05, 4.69) is 5.32 Å². The van der Waals surface area contributed by atoms with Crippen molar-refractivity contribution in [2.24, 2.45) is 0 Å². The lowest BCUT2D eigenvalue weighted by molar-refractivity contribution is 0.0219. The van der Waals surface area contributed by atoms with Crippen LogP contribution in [-0.2, 0) is 9.47 Å². The highest BCUT2D eigenvalue weighted by molar-refractivity contribution is 5.68. The smallest absolute Gasteiger partial charge is 0.410 e. The summed E-state index contributed by atoms with van der Waals surface area (Å²) >= 11 is 0. The zero-order valence-corrected chi connectivity index (χ0v) is 13.7. The van der Waals surface area contributed by atoms with Crippen LogP contribution < -0.4 is 5.32 Å². The second kappa shape index (κ2) is 7.45. The molecule has 2 unspecified atom stereocenters. The summed E-state index contributed by atoms with van der Waals surface area (Å²) in [5.41, 5.74) is -0.414. The van der Waals surface area contributed by atoms with E-state index in [1.807, 2.05) is 25.7 Å². The van der Waals surface area contributed by atoms with Crippen LogP contribution in [0.4, 0.5) is 4.79 Å². The molecule has 5 nitrogen and oxygen atoms in total. The van der Waals surface area contributed by atoms with Crippen molar-refractivity contribution in [3.63, 3.8) is 0 Å². The number of nitrogens with one attached hydrogen (secondary N) is 1. The van der Waals surface area contributed by atoms with Gasteiger partial charge in [-0.3, -0.25) is 0 Å². The maximum absolute atomic E-state index is 12.2. The number of nitrogens with zero attached hydrogens (tertiary/aromatic N) is 1. The van der Waals surface area contributed by atoms with Crippen LogP contribution >= 0.6 is 0 Å². The van der Waals surface area contributed by atoms with Gasteiger partial charge < -0.3 is 19.7 Å². The maximum Gasteiger partial charge on any atom is 0.410 e. The second-order valence-electron chi connectivity index (χ2n) is 7.10. The minimum absolute atomic E-state index is 0.163. The molecule has 2 atom stereocenters. The summed E-state index contributed by atoms with van der Waals surface area (Å²) in [6.45, 7) is 9.34. The third-order valence-electron chi connectivity index (χ3n) is 4.06. The molecular weight excluding hydrogens is 268 g/mol. The molecule has 1 amide bonds. The van der Waals surface area contributed by atoms with E-state index in [9.17, 15) is 4.79 Å². The van der Waals surface area contributed by atoms with Gasteiger partial charge in [0.25, 0.3) is 0 Å². The maximum atomic E-state index is 12.2. The Kier molecular flexibility index (Phi) is 5.88. The Morgan fingerprint density at radius 3 is 2.81 bits per heavy atom. The van der Waals surface area contributed by atoms with Gasteiger partial charge in [-0.2, -0.15) is 0 Å². The monoisotopic (exact) mass is 298 g/mol. The number of ether oxygens (including phenoxy) is 2. The van der Waals surface area contributed by atoms with Gasteiger partial charge in [-0.05, 0) is 59.4 Å². The highest BCUT2D eigenvalue weighted by Gasteiger charge is 2.31. The predicted molar refractivity (Wildman–Crippen MR) is 82.4 cm³/mol. The summed E-state index contributed by atoms with van der Waals surface area (Å²) in [4.78, 5) is 14.1.